The lowest BCUT2D eigenvalue weighted by molar-refractivity contribution is 0.102. The van der Waals surface area contributed by atoms with Crippen molar-refractivity contribution < 1.29 is 9.21 Å². The van der Waals surface area contributed by atoms with Crippen molar-refractivity contribution in [2.24, 2.45) is 0 Å². The van der Waals surface area contributed by atoms with Crippen LogP contribution in [0.3, 0.4) is 0 Å². The highest BCUT2D eigenvalue weighted by Crippen LogP contribution is 2.22. The average Bonchev–Trinajstić information content (AvgIpc) is 2.85. The molecule has 0 unspecified atom stereocenters. The molecular weight excluding hydrogens is 282 g/mol. The topological polar surface area (TPSA) is 42.2 Å². The summed E-state index contributed by atoms with van der Waals surface area (Å²) in [6.07, 6.45) is 3.78. The number of carbonyl (C=O) groups excluding carboxylic acids is 1. The van der Waals surface area contributed by atoms with Crippen LogP contribution in [0, 0.1) is 0 Å². The van der Waals surface area contributed by atoms with E-state index in [2.05, 4.69) is 28.2 Å². The highest BCUT2D eigenvalue weighted by atomic mass is 79.9. The minimum atomic E-state index is -0.157. The van der Waals surface area contributed by atoms with Crippen LogP contribution >= 0.6 is 15.9 Å². The van der Waals surface area contributed by atoms with Gasteiger partial charge in [0.2, 0.25) is 0 Å². The maximum Gasteiger partial charge on any atom is 0.258 e. The Hall–Kier alpha value is -1.55. The highest BCUT2D eigenvalue weighted by Gasteiger charge is 2.09. The minimum absolute atomic E-state index is 0.157. The minimum Gasteiger partial charge on any atom is -0.472 e. The normalized spacial score (nSPS) is 10.2. The molecule has 1 aromatic heterocycles. The van der Waals surface area contributed by atoms with Crippen molar-refractivity contribution in [2.75, 3.05) is 5.32 Å². The molecule has 0 radical (unpaired) electrons. The number of rotatable bonds is 3. The molecule has 1 amide bonds. The molecule has 4 heteroatoms. The molecule has 2 rings (SSSR count). The average molecular weight is 294 g/mol. The van der Waals surface area contributed by atoms with Crippen molar-refractivity contribution in [1.29, 1.82) is 0 Å². The Morgan fingerprint density at radius 2 is 2.24 bits per heavy atom. The monoisotopic (exact) mass is 293 g/mol. The van der Waals surface area contributed by atoms with Crippen molar-refractivity contribution in [3.05, 3.63) is 52.4 Å². The third-order valence-electron chi connectivity index (χ3n) is 2.48. The summed E-state index contributed by atoms with van der Waals surface area (Å²) >= 11 is 3.41. The largest absolute Gasteiger partial charge is 0.472 e. The van der Waals surface area contributed by atoms with Gasteiger partial charge >= 0.3 is 0 Å². The standard InChI is InChI=1S/C13H12BrNO2/c1-2-9-7-11(14)3-4-12(9)15-13(16)10-5-6-17-8-10/h3-8H,2H2,1H3,(H,15,16). The Balaban J connectivity index is 2.21. The number of aryl methyl sites for hydroxylation is 1. The molecule has 0 atom stereocenters. The second kappa shape index (κ2) is 5.19. The number of carbonyl (C=O) groups is 1. The molecule has 0 aliphatic rings. The van der Waals surface area contributed by atoms with Crippen molar-refractivity contribution in [1.82, 2.24) is 0 Å². The van der Waals surface area contributed by atoms with Crippen LogP contribution in [-0.4, -0.2) is 5.91 Å². The van der Waals surface area contributed by atoms with Gasteiger partial charge in [0.15, 0.2) is 0 Å². The number of hydrogen-bond acceptors (Lipinski definition) is 2. The fourth-order valence-electron chi connectivity index (χ4n) is 1.56. The van der Waals surface area contributed by atoms with Gasteiger partial charge in [-0.3, -0.25) is 4.79 Å². The Kier molecular flexibility index (Phi) is 3.64. The summed E-state index contributed by atoms with van der Waals surface area (Å²) < 4.78 is 5.89. The van der Waals surface area contributed by atoms with Crippen LogP contribution in [0.1, 0.15) is 22.8 Å². The first-order chi connectivity index (χ1) is 8.20. The van der Waals surface area contributed by atoms with Gasteiger partial charge in [0.25, 0.3) is 5.91 Å². The number of hydrogen-bond donors (Lipinski definition) is 1. The Morgan fingerprint density at radius 1 is 1.41 bits per heavy atom. The lowest BCUT2D eigenvalue weighted by atomic mass is 10.1. The van der Waals surface area contributed by atoms with Crippen molar-refractivity contribution in [3.63, 3.8) is 0 Å². The second-order valence-corrected chi connectivity index (χ2v) is 4.54. The van der Waals surface area contributed by atoms with Gasteiger partial charge in [-0.1, -0.05) is 22.9 Å². The lowest BCUT2D eigenvalue weighted by Crippen LogP contribution is -2.12. The van der Waals surface area contributed by atoms with Crippen LogP contribution in [0.4, 0.5) is 5.69 Å². The van der Waals surface area contributed by atoms with E-state index in [1.807, 2.05) is 18.2 Å². The molecule has 88 valence electrons. The molecule has 0 aliphatic carbocycles. The summed E-state index contributed by atoms with van der Waals surface area (Å²) in [6, 6.07) is 7.44. The fraction of sp³-hybridized carbons (Fsp3) is 0.154. The lowest BCUT2D eigenvalue weighted by Gasteiger charge is -2.09. The zero-order valence-corrected chi connectivity index (χ0v) is 11.0. The van der Waals surface area contributed by atoms with Crippen LogP contribution in [0.2, 0.25) is 0 Å². The molecule has 3 nitrogen and oxygen atoms in total. The summed E-state index contributed by atoms with van der Waals surface area (Å²) in [5.41, 5.74) is 2.45. The smallest absolute Gasteiger partial charge is 0.258 e. The molecule has 0 bridgehead atoms. The second-order valence-electron chi connectivity index (χ2n) is 3.62. The number of amides is 1. The molecule has 0 saturated carbocycles. The summed E-state index contributed by atoms with van der Waals surface area (Å²) in [6.45, 7) is 2.05. The predicted octanol–water partition coefficient (Wildman–Crippen LogP) is 3.86. The molecule has 0 fully saturated rings. The molecular formula is C13H12BrNO2. The third-order valence-corrected chi connectivity index (χ3v) is 2.97. The highest BCUT2D eigenvalue weighted by molar-refractivity contribution is 9.10. The number of halogens is 1. The van der Waals surface area contributed by atoms with E-state index in [-0.39, 0.29) is 5.91 Å². The number of nitrogens with one attached hydrogen (secondary N) is 1. The summed E-state index contributed by atoms with van der Waals surface area (Å²) in [7, 11) is 0. The van der Waals surface area contributed by atoms with Gasteiger partial charge in [0.1, 0.15) is 6.26 Å². The van der Waals surface area contributed by atoms with Crippen LogP contribution in [0.15, 0.2) is 45.7 Å². The quantitative estimate of drug-likeness (QED) is 0.934. The first-order valence-electron chi connectivity index (χ1n) is 5.32. The molecule has 2 aromatic rings. The van der Waals surface area contributed by atoms with Crippen LogP contribution in [-0.2, 0) is 6.42 Å². The van der Waals surface area contributed by atoms with Crippen molar-refractivity contribution in [2.45, 2.75) is 13.3 Å². The first kappa shape index (κ1) is 11.9. The molecule has 1 aromatic carbocycles. The van der Waals surface area contributed by atoms with Gasteiger partial charge in [0, 0.05) is 10.2 Å². The maximum absolute atomic E-state index is 11.8. The van der Waals surface area contributed by atoms with Gasteiger partial charge in [-0.25, -0.2) is 0 Å². The summed E-state index contributed by atoms with van der Waals surface area (Å²) in [5.74, 6) is -0.157. The zero-order chi connectivity index (χ0) is 12.3. The summed E-state index contributed by atoms with van der Waals surface area (Å²) in [5, 5.41) is 2.87. The predicted molar refractivity (Wildman–Crippen MR) is 70.2 cm³/mol. The number of anilines is 1. The number of furan rings is 1. The molecule has 1 N–H and O–H groups in total. The van der Waals surface area contributed by atoms with E-state index in [0.29, 0.717) is 5.56 Å². The van der Waals surface area contributed by atoms with Crippen molar-refractivity contribution in [3.8, 4) is 0 Å². The van der Waals surface area contributed by atoms with E-state index in [0.717, 1.165) is 22.1 Å². The van der Waals surface area contributed by atoms with Gasteiger partial charge < -0.3 is 9.73 Å². The molecule has 17 heavy (non-hydrogen) atoms. The van der Waals surface area contributed by atoms with Gasteiger partial charge in [-0.05, 0) is 36.2 Å². The maximum atomic E-state index is 11.8. The summed E-state index contributed by atoms with van der Waals surface area (Å²) in [4.78, 5) is 11.8. The molecule has 0 aliphatic heterocycles. The zero-order valence-electron chi connectivity index (χ0n) is 9.37. The van der Waals surface area contributed by atoms with E-state index in [1.165, 1.54) is 12.5 Å². The van der Waals surface area contributed by atoms with E-state index in [9.17, 15) is 4.79 Å². The Morgan fingerprint density at radius 3 is 2.88 bits per heavy atom. The third kappa shape index (κ3) is 2.77. The number of benzene rings is 1. The molecule has 0 saturated heterocycles. The Bertz CT molecular complexity index is 520. The molecule has 1 heterocycles. The van der Waals surface area contributed by atoms with Gasteiger partial charge in [0.05, 0.1) is 11.8 Å². The first-order valence-corrected chi connectivity index (χ1v) is 6.12. The van der Waals surface area contributed by atoms with Crippen molar-refractivity contribution >= 4 is 27.5 Å². The fourth-order valence-corrected chi connectivity index (χ4v) is 1.97. The van der Waals surface area contributed by atoms with Gasteiger partial charge in [-0.15, -0.1) is 0 Å². The van der Waals surface area contributed by atoms with Crippen LogP contribution in [0.25, 0.3) is 0 Å². The van der Waals surface area contributed by atoms with E-state index >= 15 is 0 Å². The van der Waals surface area contributed by atoms with E-state index in [4.69, 9.17) is 4.42 Å². The molecule has 0 spiro atoms. The van der Waals surface area contributed by atoms with E-state index in [1.54, 1.807) is 6.07 Å². The SMILES string of the molecule is CCc1cc(Br)ccc1NC(=O)c1ccoc1. The van der Waals surface area contributed by atoms with Gasteiger partial charge in [-0.2, -0.15) is 0 Å². The van der Waals surface area contributed by atoms with Crippen LogP contribution in [0.5, 0.6) is 0 Å². The van der Waals surface area contributed by atoms with E-state index < -0.39 is 0 Å². The Labute approximate surface area is 108 Å². The van der Waals surface area contributed by atoms with Crippen LogP contribution < -0.4 is 5.32 Å².